The molecule has 1 rings (SSSR count). The number of likely N-dealkylation sites (tertiary alicyclic amines) is 1. The molecule has 6 heteroatoms. The second-order valence-corrected chi connectivity index (χ2v) is 9.16. The van der Waals surface area contributed by atoms with E-state index in [4.69, 9.17) is 4.74 Å². The molecule has 0 saturated carbocycles. The molecule has 1 heterocycles. The molecule has 1 N–H and O–H groups in total. The van der Waals surface area contributed by atoms with Crippen molar-refractivity contribution >= 4 is 11.9 Å². The van der Waals surface area contributed by atoms with Crippen molar-refractivity contribution in [2.45, 2.75) is 115 Å². The summed E-state index contributed by atoms with van der Waals surface area (Å²) in [5.41, 5.74) is 0. The van der Waals surface area contributed by atoms with Gasteiger partial charge in [-0.15, -0.1) is 0 Å². The molecular formula is C23H44ClNO4. The summed E-state index contributed by atoms with van der Waals surface area (Å²) in [6.07, 6.45) is 17.3. The third-order valence-electron chi connectivity index (χ3n) is 6.07. The van der Waals surface area contributed by atoms with E-state index in [1.54, 1.807) is 0 Å². The van der Waals surface area contributed by atoms with Gasteiger partial charge in [0.1, 0.15) is 6.54 Å². The van der Waals surface area contributed by atoms with Crippen LogP contribution in [0.3, 0.4) is 0 Å². The summed E-state index contributed by atoms with van der Waals surface area (Å²) in [6.45, 7) is 2.84. The van der Waals surface area contributed by atoms with Gasteiger partial charge in [0.2, 0.25) is 0 Å². The molecule has 0 spiro atoms. The van der Waals surface area contributed by atoms with Crippen LogP contribution in [0.15, 0.2) is 0 Å². The number of unbranched alkanes of at least 4 members (excludes halogenated alkanes) is 12. The summed E-state index contributed by atoms with van der Waals surface area (Å²) in [6, 6.07) is -0.478. The lowest BCUT2D eigenvalue weighted by molar-refractivity contribution is -0.894. The number of quaternary nitrogens is 1. The van der Waals surface area contributed by atoms with E-state index in [2.05, 4.69) is 6.92 Å². The number of esters is 1. The molecule has 29 heavy (non-hydrogen) atoms. The number of halogens is 1. The third-order valence-corrected chi connectivity index (χ3v) is 6.07. The second-order valence-electron chi connectivity index (χ2n) is 9.16. The first-order valence-electron chi connectivity index (χ1n) is 11.6. The molecule has 0 aromatic rings. The Morgan fingerprint density at radius 3 is 1.72 bits per heavy atom. The summed E-state index contributed by atoms with van der Waals surface area (Å²) in [5.74, 6) is -0.973. The lowest BCUT2D eigenvalue weighted by atomic mass is 10.0. The first kappa shape index (κ1) is 28.2. The maximum atomic E-state index is 12.0. The SMILES string of the molecule is CCCCCCCCCCCCCCCC(=O)O[C@@H]1C[C@@H](C(=O)O)[N+](C)(C)C1.[Cl-]. The van der Waals surface area contributed by atoms with Gasteiger partial charge < -0.3 is 26.7 Å². The summed E-state index contributed by atoms with van der Waals surface area (Å²) in [7, 11) is 3.78. The normalized spacial score (nSPS) is 20.2. The van der Waals surface area contributed by atoms with Gasteiger partial charge in [0.15, 0.2) is 12.1 Å². The van der Waals surface area contributed by atoms with Crippen LogP contribution < -0.4 is 12.4 Å². The molecule has 1 saturated heterocycles. The minimum Gasteiger partial charge on any atom is -1.00 e. The zero-order valence-electron chi connectivity index (χ0n) is 19.0. The van der Waals surface area contributed by atoms with E-state index in [0.29, 0.717) is 23.9 Å². The Kier molecular flexibility index (Phi) is 15.5. The van der Waals surface area contributed by atoms with Crippen molar-refractivity contribution in [2.75, 3.05) is 20.6 Å². The number of aliphatic carboxylic acids is 1. The fraction of sp³-hybridized carbons (Fsp3) is 0.913. The van der Waals surface area contributed by atoms with E-state index < -0.39 is 12.0 Å². The second kappa shape index (κ2) is 16.0. The van der Waals surface area contributed by atoms with Crippen LogP contribution >= 0.6 is 0 Å². The number of rotatable bonds is 16. The summed E-state index contributed by atoms with van der Waals surface area (Å²) in [5, 5.41) is 9.28. The van der Waals surface area contributed by atoms with Crippen molar-refractivity contribution in [1.29, 1.82) is 0 Å². The van der Waals surface area contributed by atoms with Gasteiger partial charge >= 0.3 is 11.9 Å². The molecule has 1 aliphatic rings. The largest absolute Gasteiger partial charge is 1.00 e. The third kappa shape index (κ3) is 12.5. The van der Waals surface area contributed by atoms with Crippen LogP contribution in [0.5, 0.6) is 0 Å². The lowest BCUT2D eigenvalue weighted by Gasteiger charge is -2.28. The number of nitrogens with zero attached hydrogens (tertiary/aromatic N) is 1. The Hall–Kier alpha value is -0.810. The number of hydrogen-bond acceptors (Lipinski definition) is 3. The van der Waals surface area contributed by atoms with Crippen LogP contribution in [0, 0.1) is 0 Å². The topological polar surface area (TPSA) is 63.6 Å². The predicted octanol–water partition coefficient (Wildman–Crippen LogP) is 2.32. The predicted molar refractivity (Wildman–Crippen MR) is 113 cm³/mol. The van der Waals surface area contributed by atoms with Gasteiger partial charge in [-0.3, -0.25) is 4.79 Å². The highest BCUT2D eigenvalue weighted by molar-refractivity contribution is 5.73. The van der Waals surface area contributed by atoms with Gasteiger partial charge in [0.25, 0.3) is 0 Å². The molecule has 1 aliphatic heterocycles. The highest BCUT2D eigenvalue weighted by atomic mass is 35.5. The molecule has 2 atom stereocenters. The fourth-order valence-corrected chi connectivity index (χ4v) is 4.28. The number of likely N-dealkylation sites (N-methyl/N-ethyl adjacent to an activating group) is 1. The molecular weight excluding hydrogens is 390 g/mol. The molecule has 172 valence electrons. The smallest absolute Gasteiger partial charge is 0.362 e. The lowest BCUT2D eigenvalue weighted by Crippen LogP contribution is -3.00. The number of ether oxygens (including phenoxy) is 1. The number of carboxylic acid groups (broad SMARTS) is 1. The zero-order chi connectivity index (χ0) is 20.8. The van der Waals surface area contributed by atoms with Crippen LogP contribution in [-0.2, 0) is 14.3 Å². The Labute approximate surface area is 184 Å². The summed E-state index contributed by atoms with van der Waals surface area (Å²) < 4.78 is 5.90. The molecule has 0 aromatic carbocycles. The van der Waals surface area contributed by atoms with Gasteiger partial charge in [0.05, 0.1) is 20.5 Å². The van der Waals surface area contributed by atoms with Crippen molar-refractivity contribution in [2.24, 2.45) is 0 Å². The van der Waals surface area contributed by atoms with Crippen molar-refractivity contribution < 1.29 is 36.3 Å². The van der Waals surface area contributed by atoms with Gasteiger partial charge in [-0.05, 0) is 6.42 Å². The van der Waals surface area contributed by atoms with Gasteiger partial charge in [0, 0.05) is 6.42 Å². The van der Waals surface area contributed by atoms with Crippen molar-refractivity contribution in [3.05, 3.63) is 0 Å². The first-order valence-corrected chi connectivity index (χ1v) is 11.6. The zero-order valence-corrected chi connectivity index (χ0v) is 19.7. The average Bonchev–Trinajstić information content (AvgIpc) is 2.93. The summed E-state index contributed by atoms with van der Waals surface area (Å²) >= 11 is 0. The molecule has 0 radical (unpaired) electrons. The Bertz CT molecular complexity index is 456. The maximum Gasteiger partial charge on any atom is 0.362 e. The summed E-state index contributed by atoms with van der Waals surface area (Å²) in [4.78, 5) is 23.3. The van der Waals surface area contributed by atoms with E-state index in [1.807, 2.05) is 14.1 Å². The number of carbonyl (C=O) groups is 2. The Morgan fingerprint density at radius 2 is 1.31 bits per heavy atom. The molecule has 0 bridgehead atoms. The quantitative estimate of drug-likeness (QED) is 0.230. The van der Waals surface area contributed by atoms with E-state index in [0.717, 1.165) is 12.8 Å². The van der Waals surface area contributed by atoms with Crippen LogP contribution in [0.2, 0.25) is 0 Å². The van der Waals surface area contributed by atoms with Crippen LogP contribution in [0.4, 0.5) is 0 Å². The highest BCUT2D eigenvalue weighted by Gasteiger charge is 2.47. The molecule has 5 nitrogen and oxygen atoms in total. The van der Waals surface area contributed by atoms with E-state index in [1.165, 1.54) is 70.6 Å². The average molecular weight is 434 g/mol. The standard InChI is InChI=1S/C23H43NO4.ClH/c1-4-5-6-7-8-9-10-11-12-13-14-15-16-17-22(25)28-20-18-21(23(26)27)24(2,3)19-20;/h20-21H,4-19H2,1-3H3;1H/t20-,21+;/m1./s1. The minimum atomic E-state index is -0.806. The molecule has 0 amide bonds. The highest BCUT2D eigenvalue weighted by Crippen LogP contribution is 2.25. The number of hydrogen-bond donors (Lipinski definition) is 1. The van der Waals surface area contributed by atoms with Crippen LogP contribution in [-0.4, -0.2) is 54.3 Å². The molecule has 0 unspecified atom stereocenters. The van der Waals surface area contributed by atoms with E-state index in [9.17, 15) is 14.7 Å². The van der Waals surface area contributed by atoms with E-state index >= 15 is 0 Å². The Morgan fingerprint density at radius 1 is 0.862 bits per heavy atom. The van der Waals surface area contributed by atoms with Gasteiger partial charge in [-0.25, -0.2) is 4.79 Å². The van der Waals surface area contributed by atoms with Crippen molar-refractivity contribution in [3.63, 3.8) is 0 Å². The fourth-order valence-electron chi connectivity index (χ4n) is 4.28. The van der Waals surface area contributed by atoms with Crippen molar-refractivity contribution in [3.8, 4) is 0 Å². The van der Waals surface area contributed by atoms with Crippen molar-refractivity contribution in [1.82, 2.24) is 0 Å². The van der Waals surface area contributed by atoms with Gasteiger partial charge in [-0.1, -0.05) is 84.0 Å². The van der Waals surface area contributed by atoms with Crippen LogP contribution in [0.25, 0.3) is 0 Å². The van der Waals surface area contributed by atoms with Gasteiger partial charge in [-0.2, -0.15) is 0 Å². The Balaban J connectivity index is 0.00000784. The minimum absolute atomic E-state index is 0. The maximum absolute atomic E-state index is 12.0. The molecule has 0 aromatic heterocycles. The van der Waals surface area contributed by atoms with E-state index in [-0.39, 0.29) is 24.5 Å². The van der Waals surface area contributed by atoms with Crippen LogP contribution in [0.1, 0.15) is 103 Å². The monoisotopic (exact) mass is 433 g/mol. The number of carbonyl (C=O) groups excluding carboxylic acids is 1. The molecule has 0 aliphatic carbocycles. The molecule has 1 fully saturated rings. The first-order chi connectivity index (χ1) is 13.4. The number of carboxylic acids is 1.